The fourth-order valence-corrected chi connectivity index (χ4v) is 2.63. The van der Waals surface area contributed by atoms with Gasteiger partial charge in [-0.3, -0.25) is 5.84 Å². The van der Waals surface area contributed by atoms with Crippen molar-refractivity contribution in [3.05, 3.63) is 0 Å². The van der Waals surface area contributed by atoms with Crippen LogP contribution in [0.5, 0.6) is 0 Å². The zero-order valence-electron chi connectivity index (χ0n) is 8.23. The molecule has 2 fully saturated rings. The lowest BCUT2D eigenvalue weighted by Gasteiger charge is -2.24. The Hall–Kier alpha value is -0.160. The number of nitrogens with two attached hydrogens (primary N) is 1. The molecule has 4 heteroatoms. The molecule has 2 aliphatic heterocycles. The highest BCUT2D eigenvalue weighted by Gasteiger charge is 2.50. The first-order chi connectivity index (χ1) is 6.03. The molecule has 2 aliphatic rings. The molecule has 0 spiro atoms. The lowest BCUT2D eigenvalue weighted by Crippen LogP contribution is -2.42. The van der Waals surface area contributed by atoms with Gasteiger partial charge in [-0.25, -0.2) is 5.01 Å². The molecule has 0 aromatic carbocycles. The van der Waals surface area contributed by atoms with Gasteiger partial charge in [0.2, 0.25) is 0 Å². The van der Waals surface area contributed by atoms with Gasteiger partial charge in [0.05, 0.1) is 24.4 Å². The fraction of sp³-hybridized carbons (Fsp3) is 1.00. The van der Waals surface area contributed by atoms with E-state index >= 15 is 0 Å². The average Bonchev–Trinajstić information content (AvgIpc) is 2.39. The molecule has 0 bridgehead atoms. The van der Waals surface area contributed by atoms with E-state index in [0.29, 0.717) is 5.92 Å². The van der Waals surface area contributed by atoms with E-state index in [1.54, 1.807) is 5.01 Å². The normalized spacial score (nSPS) is 43.8. The SMILES string of the molecule is CC1(C)CC2C(CN(N)C2CO)O1. The van der Waals surface area contributed by atoms with Crippen LogP contribution in [-0.2, 0) is 4.74 Å². The Morgan fingerprint density at radius 3 is 2.92 bits per heavy atom. The molecule has 0 radical (unpaired) electrons. The highest BCUT2D eigenvalue weighted by molar-refractivity contribution is 5.00. The summed E-state index contributed by atoms with van der Waals surface area (Å²) in [4.78, 5) is 0. The van der Waals surface area contributed by atoms with Crippen LogP contribution in [0.1, 0.15) is 20.3 Å². The summed E-state index contributed by atoms with van der Waals surface area (Å²) in [5.74, 6) is 6.17. The number of fused-ring (bicyclic) bond motifs is 1. The molecular formula is C9H18N2O2. The van der Waals surface area contributed by atoms with Crippen LogP contribution >= 0.6 is 0 Å². The Bertz CT molecular complexity index is 208. The Balaban J connectivity index is 2.10. The molecule has 76 valence electrons. The Morgan fingerprint density at radius 2 is 2.31 bits per heavy atom. The van der Waals surface area contributed by atoms with Gasteiger partial charge in [0.25, 0.3) is 0 Å². The number of ether oxygens (including phenoxy) is 1. The first-order valence-electron chi connectivity index (χ1n) is 4.83. The summed E-state index contributed by atoms with van der Waals surface area (Å²) in [5, 5.41) is 10.9. The van der Waals surface area contributed by atoms with Crippen LogP contribution in [-0.4, -0.2) is 41.0 Å². The summed E-state index contributed by atoms with van der Waals surface area (Å²) in [6.07, 6.45) is 1.22. The molecule has 13 heavy (non-hydrogen) atoms. The Kier molecular flexibility index (Phi) is 2.11. The minimum Gasteiger partial charge on any atom is -0.395 e. The van der Waals surface area contributed by atoms with E-state index in [9.17, 15) is 5.11 Å². The van der Waals surface area contributed by atoms with E-state index in [-0.39, 0.29) is 24.4 Å². The van der Waals surface area contributed by atoms with Crippen LogP contribution in [0, 0.1) is 5.92 Å². The van der Waals surface area contributed by atoms with Crippen molar-refractivity contribution in [3.63, 3.8) is 0 Å². The molecule has 0 amide bonds. The van der Waals surface area contributed by atoms with Gasteiger partial charge in [0.1, 0.15) is 0 Å². The summed E-state index contributed by atoms with van der Waals surface area (Å²) in [6.45, 7) is 5.08. The van der Waals surface area contributed by atoms with Crippen LogP contribution in [0.2, 0.25) is 0 Å². The highest BCUT2D eigenvalue weighted by atomic mass is 16.5. The lowest BCUT2D eigenvalue weighted by atomic mass is 9.91. The summed E-state index contributed by atoms with van der Waals surface area (Å²) in [7, 11) is 0. The molecule has 3 atom stereocenters. The Morgan fingerprint density at radius 1 is 1.62 bits per heavy atom. The average molecular weight is 186 g/mol. The number of hydrazine groups is 1. The molecule has 3 N–H and O–H groups in total. The fourth-order valence-electron chi connectivity index (χ4n) is 2.63. The highest BCUT2D eigenvalue weighted by Crippen LogP contribution is 2.41. The van der Waals surface area contributed by atoms with Crippen LogP contribution in [0.4, 0.5) is 0 Å². The van der Waals surface area contributed by atoms with Gasteiger partial charge in [0, 0.05) is 12.5 Å². The molecule has 0 aliphatic carbocycles. The molecule has 4 nitrogen and oxygen atoms in total. The number of aliphatic hydroxyl groups excluding tert-OH is 1. The standard InChI is InChI=1S/C9H18N2O2/c1-9(2)3-6-7(5-12)11(10)4-8(6)13-9/h6-8,12H,3-5,10H2,1-2H3. The second-order valence-electron chi connectivity index (χ2n) is 4.73. The number of aliphatic hydroxyl groups is 1. The molecule has 2 saturated heterocycles. The van der Waals surface area contributed by atoms with Crippen LogP contribution in [0.25, 0.3) is 0 Å². The maximum absolute atomic E-state index is 9.18. The molecule has 2 rings (SSSR count). The van der Waals surface area contributed by atoms with Crippen molar-refractivity contribution < 1.29 is 9.84 Å². The largest absolute Gasteiger partial charge is 0.395 e. The first-order valence-corrected chi connectivity index (χ1v) is 4.83. The molecule has 0 saturated carbocycles. The van der Waals surface area contributed by atoms with E-state index in [1.807, 2.05) is 0 Å². The quantitative estimate of drug-likeness (QED) is 0.553. The second-order valence-corrected chi connectivity index (χ2v) is 4.73. The monoisotopic (exact) mass is 186 g/mol. The van der Waals surface area contributed by atoms with Crippen LogP contribution < -0.4 is 5.84 Å². The topological polar surface area (TPSA) is 58.7 Å². The number of hydrogen-bond donors (Lipinski definition) is 2. The van der Waals surface area contributed by atoms with E-state index < -0.39 is 0 Å². The van der Waals surface area contributed by atoms with Crippen molar-refractivity contribution in [1.82, 2.24) is 5.01 Å². The van der Waals surface area contributed by atoms with Crippen molar-refractivity contribution in [3.8, 4) is 0 Å². The number of hydrogen-bond acceptors (Lipinski definition) is 4. The van der Waals surface area contributed by atoms with Crippen molar-refractivity contribution in [1.29, 1.82) is 0 Å². The first kappa shape index (κ1) is 9.40. The third kappa shape index (κ3) is 1.48. The van der Waals surface area contributed by atoms with Gasteiger partial charge in [-0.05, 0) is 20.3 Å². The summed E-state index contributed by atoms with van der Waals surface area (Å²) < 4.78 is 5.84. The van der Waals surface area contributed by atoms with Gasteiger partial charge in [-0.1, -0.05) is 0 Å². The van der Waals surface area contributed by atoms with Crippen molar-refractivity contribution in [2.45, 2.75) is 38.0 Å². The smallest absolute Gasteiger partial charge is 0.0768 e. The zero-order chi connectivity index (χ0) is 9.64. The van der Waals surface area contributed by atoms with Gasteiger partial charge in [0.15, 0.2) is 0 Å². The zero-order valence-corrected chi connectivity index (χ0v) is 8.23. The summed E-state index contributed by atoms with van der Waals surface area (Å²) in [6, 6.07) is 0.0896. The molecule has 0 aromatic rings. The third-order valence-electron chi connectivity index (χ3n) is 3.17. The van der Waals surface area contributed by atoms with Crippen LogP contribution in [0.15, 0.2) is 0 Å². The van der Waals surface area contributed by atoms with Gasteiger partial charge in [-0.15, -0.1) is 0 Å². The molecule has 3 unspecified atom stereocenters. The van der Waals surface area contributed by atoms with Gasteiger partial charge < -0.3 is 9.84 Å². The minimum atomic E-state index is -0.0377. The van der Waals surface area contributed by atoms with Crippen molar-refractivity contribution in [2.24, 2.45) is 11.8 Å². The second kappa shape index (κ2) is 2.92. The molecular weight excluding hydrogens is 168 g/mol. The maximum atomic E-state index is 9.18. The van der Waals surface area contributed by atoms with Crippen LogP contribution in [0.3, 0.4) is 0 Å². The summed E-state index contributed by atoms with van der Waals surface area (Å²) >= 11 is 0. The number of nitrogens with zero attached hydrogens (tertiary/aromatic N) is 1. The molecule has 2 heterocycles. The Labute approximate surface area is 78.6 Å². The van der Waals surface area contributed by atoms with Gasteiger partial charge in [-0.2, -0.15) is 0 Å². The van der Waals surface area contributed by atoms with Crippen molar-refractivity contribution in [2.75, 3.05) is 13.2 Å². The minimum absolute atomic E-state index is 0.0377. The van der Waals surface area contributed by atoms with Crippen molar-refractivity contribution >= 4 is 0 Å². The number of rotatable bonds is 1. The van der Waals surface area contributed by atoms with Gasteiger partial charge >= 0.3 is 0 Å². The third-order valence-corrected chi connectivity index (χ3v) is 3.17. The lowest BCUT2D eigenvalue weighted by molar-refractivity contribution is -0.0200. The maximum Gasteiger partial charge on any atom is 0.0768 e. The molecule has 0 aromatic heterocycles. The van der Waals surface area contributed by atoms with E-state index in [0.717, 1.165) is 13.0 Å². The summed E-state index contributed by atoms with van der Waals surface area (Å²) in [5.41, 5.74) is -0.0377. The van der Waals surface area contributed by atoms with E-state index in [2.05, 4.69) is 13.8 Å². The van der Waals surface area contributed by atoms with E-state index in [1.165, 1.54) is 0 Å². The predicted octanol–water partition coefficient (Wildman–Crippen LogP) is -0.280. The van der Waals surface area contributed by atoms with E-state index in [4.69, 9.17) is 10.6 Å². The predicted molar refractivity (Wildman–Crippen MR) is 48.8 cm³/mol.